The van der Waals surface area contributed by atoms with E-state index in [1.54, 1.807) is 0 Å². The zero-order chi connectivity index (χ0) is 14.0. The number of hydrogen-bond donors (Lipinski definition) is 0. The van der Waals surface area contributed by atoms with Crippen LogP contribution in [0, 0.1) is 0 Å². The second-order valence-corrected chi connectivity index (χ2v) is 9.81. The van der Waals surface area contributed by atoms with Gasteiger partial charge in [-0.1, -0.05) is 30.3 Å². The second-order valence-electron chi connectivity index (χ2n) is 5.61. The summed E-state index contributed by atoms with van der Waals surface area (Å²) in [6, 6.07) is 11.0. The van der Waals surface area contributed by atoms with Crippen LogP contribution in [0.4, 0.5) is 0 Å². The first-order chi connectivity index (χ1) is 8.95. The number of benzene rings is 1. The summed E-state index contributed by atoms with van der Waals surface area (Å²) in [5.74, 6) is 0. The maximum absolute atomic E-state index is 6.32. The Hall–Kier alpha value is -0.0800. The minimum Gasteiger partial charge on any atom is -0.505 e. The van der Waals surface area contributed by atoms with Gasteiger partial charge in [0.05, 0.1) is 6.10 Å². The minimum absolute atomic E-state index is 0.284. The lowest BCUT2D eigenvalue weighted by Crippen LogP contribution is -2.40. The third-order valence-corrected chi connectivity index (χ3v) is 8.97. The van der Waals surface area contributed by atoms with Gasteiger partial charge in [-0.2, -0.15) is 4.67 Å². The first-order valence-corrected chi connectivity index (χ1v) is 9.79. The number of hydrogen-bond acceptors (Lipinski definition) is 3. The molecular formula is C15H24NOPS. The van der Waals surface area contributed by atoms with Gasteiger partial charge in [-0.05, 0) is 39.7 Å². The van der Waals surface area contributed by atoms with E-state index in [2.05, 4.69) is 62.7 Å². The molecule has 0 bridgehead atoms. The molecule has 19 heavy (non-hydrogen) atoms. The third kappa shape index (κ3) is 3.16. The van der Waals surface area contributed by atoms with Crippen LogP contribution in [0.25, 0.3) is 0 Å². The summed E-state index contributed by atoms with van der Waals surface area (Å²) in [7, 11) is 0. The summed E-state index contributed by atoms with van der Waals surface area (Å²) in [6.07, 6.45) is 1.37. The Morgan fingerprint density at radius 1 is 1.26 bits per heavy atom. The molecule has 106 valence electrons. The quantitative estimate of drug-likeness (QED) is 0.598. The molecule has 1 fully saturated rings. The van der Waals surface area contributed by atoms with E-state index in [0.717, 1.165) is 13.0 Å². The van der Waals surface area contributed by atoms with Gasteiger partial charge < -0.3 is 12.2 Å². The molecule has 1 aromatic carbocycles. The lowest BCUT2D eigenvalue weighted by atomic mass is 10.2. The van der Waals surface area contributed by atoms with E-state index in [1.807, 2.05) is 0 Å². The fourth-order valence-corrected chi connectivity index (χ4v) is 7.21. The molecule has 1 unspecified atom stereocenters. The molecule has 0 aromatic heterocycles. The highest BCUT2D eigenvalue weighted by atomic mass is 32.7. The molecule has 1 aliphatic heterocycles. The Morgan fingerprint density at radius 2 is 1.89 bits per heavy atom. The van der Waals surface area contributed by atoms with Crippen molar-refractivity contribution in [3.8, 4) is 0 Å². The molecule has 0 radical (unpaired) electrons. The van der Waals surface area contributed by atoms with E-state index < -0.39 is 6.84 Å². The monoisotopic (exact) mass is 297 g/mol. The summed E-state index contributed by atoms with van der Waals surface area (Å²) in [6.45, 7) is 7.90. The van der Waals surface area contributed by atoms with E-state index in [1.165, 1.54) is 5.56 Å². The van der Waals surface area contributed by atoms with Crippen LogP contribution in [-0.4, -0.2) is 23.4 Å². The Bertz CT molecular complexity index is 414. The molecular weight excluding hydrogens is 273 g/mol. The van der Waals surface area contributed by atoms with Crippen molar-refractivity contribution in [2.75, 3.05) is 6.54 Å². The fraction of sp³-hybridized carbons (Fsp3) is 0.600. The zero-order valence-electron chi connectivity index (χ0n) is 12.2. The average molecular weight is 297 g/mol. The molecule has 0 N–H and O–H groups in total. The third-order valence-electron chi connectivity index (χ3n) is 3.82. The van der Waals surface area contributed by atoms with E-state index in [4.69, 9.17) is 16.8 Å². The Kier molecular flexibility index (Phi) is 4.94. The van der Waals surface area contributed by atoms with Gasteiger partial charge in [-0.15, -0.1) is 0 Å². The van der Waals surface area contributed by atoms with Crippen molar-refractivity contribution in [1.82, 2.24) is 4.67 Å². The summed E-state index contributed by atoms with van der Waals surface area (Å²) in [5, 5.41) is 0. The van der Waals surface area contributed by atoms with Gasteiger partial charge in [0.25, 0.3) is 0 Å². The lowest BCUT2D eigenvalue weighted by Gasteiger charge is -2.50. The SMILES string of the molecule is CC(C)N1CC[C@H](C)O[P+]1([S-])[C@H](C)c1ccccc1. The van der Waals surface area contributed by atoms with Crippen LogP contribution in [0.15, 0.2) is 30.3 Å². The average Bonchev–Trinajstić information content (AvgIpc) is 2.38. The predicted molar refractivity (Wildman–Crippen MR) is 86.1 cm³/mol. The van der Waals surface area contributed by atoms with Crippen LogP contribution in [-0.2, 0) is 16.8 Å². The van der Waals surface area contributed by atoms with Crippen LogP contribution in [0.3, 0.4) is 0 Å². The van der Waals surface area contributed by atoms with Gasteiger partial charge in [-0.25, -0.2) is 4.52 Å². The van der Waals surface area contributed by atoms with Crippen molar-refractivity contribution in [2.45, 2.75) is 51.9 Å². The molecule has 1 heterocycles. The molecule has 0 amide bonds. The highest BCUT2D eigenvalue weighted by Crippen LogP contribution is 2.73. The molecule has 0 saturated carbocycles. The van der Waals surface area contributed by atoms with Gasteiger partial charge >= 0.3 is 0 Å². The van der Waals surface area contributed by atoms with Gasteiger partial charge in [-0.3, -0.25) is 0 Å². The first kappa shape index (κ1) is 15.3. The molecule has 3 atom stereocenters. The molecule has 1 aromatic rings. The molecule has 1 saturated heterocycles. The first-order valence-electron chi connectivity index (χ1n) is 7.05. The van der Waals surface area contributed by atoms with E-state index in [9.17, 15) is 0 Å². The Balaban J connectivity index is 2.31. The molecule has 4 heteroatoms. The summed E-state index contributed by atoms with van der Waals surface area (Å²) >= 11 is 6.05. The smallest absolute Gasteiger partial charge is 0.115 e. The van der Waals surface area contributed by atoms with Gasteiger partial charge in [0.2, 0.25) is 0 Å². The van der Waals surface area contributed by atoms with E-state index >= 15 is 0 Å². The van der Waals surface area contributed by atoms with Crippen LogP contribution in [0.5, 0.6) is 0 Å². The maximum atomic E-state index is 6.32. The minimum atomic E-state index is -1.98. The van der Waals surface area contributed by atoms with Gasteiger partial charge in [0.15, 0.2) is 0 Å². The lowest BCUT2D eigenvalue weighted by molar-refractivity contribution is 0.147. The fourth-order valence-electron chi connectivity index (χ4n) is 2.64. The molecule has 0 spiro atoms. The van der Waals surface area contributed by atoms with Crippen LogP contribution in [0.1, 0.15) is 45.3 Å². The standard InChI is InChI=1S/C15H24NOPS/c1-12(2)16-11-10-13(3)17-18(16,19)14(4)15-8-6-5-7-9-15/h5-9,12-14H,10-11H2,1-4H3/t13-,14+,18?/m0/s1. The highest BCUT2D eigenvalue weighted by Gasteiger charge is 2.46. The summed E-state index contributed by atoms with van der Waals surface area (Å²) in [5.41, 5.74) is 1.58. The van der Waals surface area contributed by atoms with Crippen LogP contribution < -0.4 is 0 Å². The van der Waals surface area contributed by atoms with Crippen molar-refractivity contribution in [1.29, 1.82) is 0 Å². The Labute approximate surface area is 123 Å². The van der Waals surface area contributed by atoms with Crippen LogP contribution in [0.2, 0.25) is 0 Å². The topological polar surface area (TPSA) is 12.5 Å². The van der Waals surface area contributed by atoms with Gasteiger partial charge in [0, 0.05) is 12.6 Å². The zero-order valence-corrected chi connectivity index (χ0v) is 14.0. The predicted octanol–water partition coefficient (Wildman–Crippen LogP) is 4.58. The number of nitrogens with zero attached hydrogens (tertiary/aromatic N) is 1. The largest absolute Gasteiger partial charge is 0.505 e. The van der Waals surface area contributed by atoms with Crippen molar-refractivity contribution < 1.29 is 4.52 Å². The van der Waals surface area contributed by atoms with E-state index in [0.29, 0.717) is 6.04 Å². The second kappa shape index (κ2) is 6.13. The van der Waals surface area contributed by atoms with Crippen molar-refractivity contribution >= 4 is 19.1 Å². The van der Waals surface area contributed by atoms with Gasteiger partial charge in [0.1, 0.15) is 12.5 Å². The molecule has 2 rings (SSSR count). The normalized spacial score (nSPS) is 30.5. The summed E-state index contributed by atoms with van der Waals surface area (Å²) in [4.78, 5) is 0. The van der Waals surface area contributed by atoms with Crippen LogP contribution >= 0.6 is 6.84 Å². The highest BCUT2D eigenvalue weighted by molar-refractivity contribution is 8.39. The molecule has 0 aliphatic carbocycles. The summed E-state index contributed by atoms with van der Waals surface area (Å²) < 4.78 is 8.75. The Morgan fingerprint density at radius 3 is 2.47 bits per heavy atom. The molecule has 2 nitrogen and oxygen atoms in total. The van der Waals surface area contributed by atoms with E-state index in [-0.39, 0.29) is 11.8 Å². The van der Waals surface area contributed by atoms with Crippen molar-refractivity contribution in [2.24, 2.45) is 0 Å². The molecule has 1 aliphatic rings. The van der Waals surface area contributed by atoms with Crippen molar-refractivity contribution in [3.05, 3.63) is 35.9 Å². The maximum Gasteiger partial charge on any atom is 0.115 e. The number of rotatable bonds is 3. The van der Waals surface area contributed by atoms with Crippen molar-refractivity contribution in [3.63, 3.8) is 0 Å².